The summed E-state index contributed by atoms with van der Waals surface area (Å²) in [5.74, 6) is 0.726. The van der Waals surface area contributed by atoms with E-state index >= 15 is 0 Å². The Morgan fingerprint density at radius 2 is 1.77 bits per heavy atom. The molecule has 1 aliphatic carbocycles. The number of hydrogen-bond acceptors (Lipinski definition) is 6. The molecule has 0 bridgehead atoms. The summed E-state index contributed by atoms with van der Waals surface area (Å²) in [6.07, 6.45) is 6.69. The first-order valence-electron chi connectivity index (χ1n) is 10.7. The molecule has 2 heterocycles. The molecule has 6 nitrogen and oxygen atoms in total. The van der Waals surface area contributed by atoms with Gasteiger partial charge in [-0.05, 0) is 55.1 Å². The quantitative estimate of drug-likeness (QED) is 0.493. The molecule has 1 aliphatic rings. The molecule has 2 aromatic heterocycles. The van der Waals surface area contributed by atoms with Crippen molar-refractivity contribution in [1.82, 2.24) is 15.0 Å². The smallest absolute Gasteiger partial charge is 0.316 e. The molecule has 0 saturated heterocycles. The van der Waals surface area contributed by atoms with Gasteiger partial charge in [0.1, 0.15) is 0 Å². The fourth-order valence-corrected chi connectivity index (χ4v) is 4.67. The molecule has 31 heavy (non-hydrogen) atoms. The molecule has 0 unspecified atom stereocenters. The average molecular weight is 433 g/mol. The summed E-state index contributed by atoms with van der Waals surface area (Å²) in [7, 11) is 2.85. The van der Waals surface area contributed by atoms with Crippen molar-refractivity contribution in [2.24, 2.45) is 11.8 Å². The first kappa shape index (κ1) is 23.0. The Morgan fingerprint density at radius 3 is 2.32 bits per heavy atom. The van der Waals surface area contributed by atoms with Crippen molar-refractivity contribution in [2.45, 2.75) is 57.8 Å². The zero-order valence-electron chi connectivity index (χ0n) is 18.2. The van der Waals surface area contributed by atoms with Crippen LogP contribution in [0.1, 0.15) is 79.3 Å². The van der Waals surface area contributed by atoms with E-state index in [9.17, 15) is 13.6 Å². The Kier molecular flexibility index (Phi) is 7.87. The number of nitrogens with zero attached hydrogens (tertiary/aromatic N) is 3. The van der Waals surface area contributed by atoms with Gasteiger partial charge in [-0.2, -0.15) is 0 Å². The van der Waals surface area contributed by atoms with Gasteiger partial charge in [-0.1, -0.05) is 13.3 Å². The topological polar surface area (TPSA) is 74.2 Å². The highest BCUT2D eigenvalue weighted by Crippen LogP contribution is 2.44. The zero-order chi connectivity index (χ0) is 22.4. The summed E-state index contributed by atoms with van der Waals surface area (Å²) in [6, 6.07) is 1.93. The van der Waals surface area contributed by atoms with Crippen LogP contribution in [0.3, 0.4) is 0 Å². The van der Waals surface area contributed by atoms with Crippen LogP contribution in [-0.4, -0.2) is 35.0 Å². The fraction of sp³-hybridized carbons (Fsp3) is 0.565. The van der Waals surface area contributed by atoms with Gasteiger partial charge in [0.2, 0.25) is 5.88 Å². The lowest BCUT2D eigenvalue weighted by atomic mass is 9.71. The van der Waals surface area contributed by atoms with Crippen molar-refractivity contribution < 1.29 is 23.0 Å². The SMILES string of the molecule is CC[C@H](CC(=O)c1cnc(OC)nc1)C1CCC(c2ccnc(OC)c2C(F)F)CC1. The minimum absolute atomic E-state index is 0.00775. The number of halogens is 2. The minimum atomic E-state index is -2.62. The molecule has 3 rings (SSSR count). The van der Waals surface area contributed by atoms with Crippen LogP contribution in [0.15, 0.2) is 24.7 Å². The number of ketones is 1. The number of pyridine rings is 1. The van der Waals surface area contributed by atoms with Gasteiger partial charge in [-0.3, -0.25) is 4.79 Å². The van der Waals surface area contributed by atoms with Crippen LogP contribution in [0.2, 0.25) is 0 Å². The highest BCUT2D eigenvalue weighted by Gasteiger charge is 2.32. The summed E-state index contributed by atoms with van der Waals surface area (Å²) in [5, 5.41) is 0. The van der Waals surface area contributed by atoms with Crippen LogP contribution in [-0.2, 0) is 0 Å². The van der Waals surface area contributed by atoms with E-state index in [0.717, 1.165) is 32.1 Å². The second kappa shape index (κ2) is 10.6. The number of ether oxygens (including phenoxy) is 2. The van der Waals surface area contributed by atoms with Crippen LogP contribution in [0, 0.1) is 11.8 Å². The Balaban J connectivity index is 1.64. The Labute approximate surface area is 181 Å². The van der Waals surface area contributed by atoms with E-state index in [0.29, 0.717) is 23.5 Å². The van der Waals surface area contributed by atoms with Gasteiger partial charge in [0.15, 0.2) is 5.78 Å². The van der Waals surface area contributed by atoms with Gasteiger partial charge in [-0.15, -0.1) is 0 Å². The average Bonchev–Trinajstić information content (AvgIpc) is 2.81. The van der Waals surface area contributed by atoms with E-state index < -0.39 is 6.43 Å². The number of aromatic nitrogens is 3. The van der Waals surface area contributed by atoms with Crippen molar-refractivity contribution in [3.8, 4) is 11.9 Å². The van der Waals surface area contributed by atoms with Crippen molar-refractivity contribution in [3.63, 3.8) is 0 Å². The van der Waals surface area contributed by atoms with Gasteiger partial charge < -0.3 is 9.47 Å². The van der Waals surface area contributed by atoms with E-state index in [1.54, 1.807) is 6.07 Å². The van der Waals surface area contributed by atoms with E-state index in [1.807, 2.05) is 0 Å². The Hall–Kier alpha value is -2.64. The maximum absolute atomic E-state index is 13.7. The molecule has 0 aliphatic heterocycles. The van der Waals surface area contributed by atoms with Crippen molar-refractivity contribution in [1.29, 1.82) is 0 Å². The van der Waals surface area contributed by atoms with Gasteiger partial charge >= 0.3 is 6.01 Å². The molecule has 168 valence electrons. The maximum atomic E-state index is 13.7. The summed E-state index contributed by atoms with van der Waals surface area (Å²) < 4.78 is 37.3. The number of carbonyl (C=O) groups is 1. The van der Waals surface area contributed by atoms with Crippen molar-refractivity contribution in [3.05, 3.63) is 41.3 Å². The molecular weight excluding hydrogens is 404 g/mol. The molecule has 0 N–H and O–H groups in total. The van der Waals surface area contributed by atoms with Crippen LogP contribution in [0.4, 0.5) is 8.78 Å². The lowest BCUT2D eigenvalue weighted by molar-refractivity contribution is 0.0923. The van der Waals surface area contributed by atoms with Crippen LogP contribution >= 0.6 is 0 Å². The molecule has 0 amide bonds. The summed E-state index contributed by atoms with van der Waals surface area (Å²) in [5.41, 5.74) is 1.04. The van der Waals surface area contributed by atoms with E-state index in [1.165, 1.54) is 32.8 Å². The summed E-state index contributed by atoms with van der Waals surface area (Å²) >= 11 is 0. The first-order chi connectivity index (χ1) is 15.0. The lowest BCUT2D eigenvalue weighted by Gasteiger charge is -2.34. The van der Waals surface area contributed by atoms with Crippen LogP contribution in [0.25, 0.3) is 0 Å². The predicted octanol–water partition coefficient (Wildman–Crippen LogP) is 5.40. The summed E-state index contributed by atoms with van der Waals surface area (Å²) in [4.78, 5) is 24.7. The zero-order valence-corrected chi connectivity index (χ0v) is 18.2. The van der Waals surface area contributed by atoms with Crippen LogP contribution in [0.5, 0.6) is 11.9 Å². The van der Waals surface area contributed by atoms with E-state index in [4.69, 9.17) is 9.47 Å². The number of rotatable bonds is 9. The van der Waals surface area contributed by atoms with E-state index in [-0.39, 0.29) is 35.1 Å². The van der Waals surface area contributed by atoms with Gasteiger partial charge in [0.05, 0.1) is 25.3 Å². The fourth-order valence-electron chi connectivity index (χ4n) is 4.67. The number of methoxy groups -OCH3 is 2. The normalized spacial score (nSPS) is 19.8. The third-order valence-corrected chi connectivity index (χ3v) is 6.38. The molecule has 0 aromatic carbocycles. The third kappa shape index (κ3) is 5.35. The number of Topliss-reactive ketones (excluding diaryl/α,β-unsaturated/α-hetero) is 1. The molecular formula is C23H29F2N3O3. The highest BCUT2D eigenvalue weighted by molar-refractivity contribution is 5.95. The van der Waals surface area contributed by atoms with Crippen LogP contribution < -0.4 is 9.47 Å². The van der Waals surface area contributed by atoms with Crippen molar-refractivity contribution >= 4 is 5.78 Å². The molecule has 1 atom stereocenters. The molecule has 0 spiro atoms. The Morgan fingerprint density at radius 1 is 1.10 bits per heavy atom. The number of hydrogen-bond donors (Lipinski definition) is 0. The molecule has 1 saturated carbocycles. The number of alkyl halides is 2. The molecule has 2 aromatic rings. The van der Waals surface area contributed by atoms with Gasteiger partial charge in [0.25, 0.3) is 6.43 Å². The number of carbonyl (C=O) groups excluding carboxylic acids is 1. The predicted molar refractivity (Wildman–Crippen MR) is 112 cm³/mol. The maximum Gasteiger partial charge on any atom is 0.316 e. The molecule has 8 heteroatoms. The second-order valence-electron chi connectivity index (χ2n) is 7.99. The monoisotopic (exact) mass is 433 g/mol. The van der Waals surface area contributed by atoms with Gasteiger partial charge in [0, 0.05) is 25.0 Å². The minimum Gasteiger partial charge on any atom is -0.481 e. The lowest BCUT2D eigenvalue weighted by Crippen LogP contribution is -2.23. The first-order valence-corrected chi connectivity index (χ1v) is 10.7. The molecule has 0 radical (unpaired) electrons. The largest absolute Gasteiger partial charge is 0.481 e. The molecule has 1 fully saturated rings. The summed E-state index contributed by atoms with van der Waals surface area (Å²) in [6.45, 7) is 2.09. The third-order valence-electron chi connectivity index (χ3n) is 6.38. The van der Waals surface area contributed by atoms with E-state index in [2.05, 4.69) is 21.9 Å². The Bertz CT molecular complexity index is 869. The highest BCUT2D eigenvalue weighted by atomic mass is 19.3. The van der Waals surface area contributed by atoms with Gasteiger partial charge in [-0.25, -0.2) is 23.7 Å². The second-order valence-corrected chi connectivity index (χ2v) is 7.99. The van der Waals surface area contributed by atoms with Crippen molar-refractivity contribution in [2.75, 3.05) is 14.2 Å². The standard InChI is InChI=1S/C23H29F2N3O3/c1-4-14(11-19(29)17-12-27-23(31-3)28-13-17)15-5-7-16(8-6-15)18-9-10-26-22(30-2)20(18)21(24)25/h9-10,12-16,21H,4-8,11H2,1-3H3/t14-,15?,16?/m1/s1.